The van der Waals surface area contributed by atoms with E-state index in [2.05, 4.69) is 20.6 Å². The third kappa shape index (κ3) is 4.98. The van der Waals surface area contributed by atoms with E-state index >= 15 is 0 Å². The zero-order valence-corrected chi connectivity index (χ0v) is 16.5. The second-order valence-electron chi connectivity index (χ2n) is 6.13. The lowest BCUT2D eigenvalue weighted by Crippen LogP contribution is -2.24. The fourth-order valence-electron chi connectivity index (χ4n) is 2.72. The van der Waals surface area contributed by atoms with Crippen LogP contribution in [0.2, 0.25) is 5.02 Å². The van der Waals surface area contributed by atoms with Gasteiger partial charge in [0.2, 0.25) is 0 Å². The molecule has 144 valence electrons. The summed E-state index contributed by atoms with van der Waals surface area (Å²) in [5.74, 6) is 1.58. The number of carbonyl (C=O) groups is 1. The molecule has 0 aliphatic heterocycles. The van der Waals surface area contributed by atoms with E-state index in [9.17, 15) is 4.79 Å². The fourth-order valence-corrected chi connectivity index (χ4v) is 2.92. The second kappa shape index (κ2) is 9.19. The van der Waals surface area contributed by atoms with Gasteiger partial charge >= 0.3 is 0 Å². The zero-order chi connectivity index (χ0) is 19.9. The average molecular weight is 397 g/mol. The van der Waals surface area contributed by atoms with Crippen LogP contribution in [0.15, 0.2) is 54.6 Å². The molecule has 0 bridgehead atoms. The summed E-state index contributed by atoms with van der Waals surface area (Å²) >= 11 is 6.13. The van der Waals surface area contributed by atoms with Crippen molar-refractivity contribution < 1.29 is 9.53 Å². The van der Waals surface area contributed by atoms with Gasteiger partial charge in [-0.25, -0.2) is 9.97 Å². The first kappa shape index (κ1) is 19.6. The molecule has 0 aliphatic rings. The maximum absolute atomic E-state index is 12.5. The van der Waals surface area contributed by atoms with E-state index in [1.165, 1.54) is 0 Å². The van der Waals surface area contributed by atoms with Gasteiger partial charge in [-0.05, 0) is 24.6 Å². The number of hydrogen-bond donors (Lipinski definition) is 2. The van der Waals surface area contributed by atoms with Crippen LogP contribution in [0.4, 0.5) is 5.82 Å². The minimum Gasteiger partial charge on any atom is -0.496 e. The minimum atomic E-state index is -0.286. The van der Waals surface area contributed by atoms with Crippen molar-refractivity contribution >= 4 is 23.3 Å². The molecule has 0 saturated carbocycles. The van der Waals surface area contributed by atoms with Crippen molar-refractivity contribution in [3.63, 3.8) is 0 Å². The average Bonchev–Trinajstić information content (AvgIpc) is 2.71. The highest BCUT2D eigenvalue weighted by Gasteiger charge is 2.11. The van der Waals surface area contributed by atoms with Crippen molar-refractivity contribution in [2.75, 3.05) is 12.4 Å². The molecule has 0 aliphatic carbocycles. The van der Waals surface area contributed by atoms with Gasteiger partial charge in [0.05, 0.1) is 7.11 Å². The number of benzene rings is 2. The molecule has 0 spiro atoms. The Morgan fingerprint density at radius 1 is 1.04 bits per heavy atom. The monoisotopic (exact) mass is 396 g/mol. The summed E-state index contributed by atoms with van der Waals surface area (Å²) in [5.41, 5.74) is 2.13. The summed E-state index contributed by atoms with van der Waals surface area (Å²) < 4.78 is 5.36. The summed E-state index contributed by atoms with van der Waals surface area (Å²) in [6.07, 6.45) is 0. The lowest BCUT2D eigenvalue weighted by Gasteiger charge is -2.11. The molecule has 0 unspecified atom stereocenters. The van der Waals surface area contributed by atoms with Gasteiger partial charge in [-0.3, -0.25) is 4.79 Å². The highest BCUT2D eigenvalue weighted by Crippen LogP contribution is 2.19. The van der Waals surface area contributed by atoms with Gasteiger partial charge in [0.1, 0.15) is 23.1 Å². The third-order valence-corrected chi connectivity index (χ3v) is 4.49. The van der Waals surface area contributed by atoms with Gasteiger partial charge in [-0.15, -0.1) is 0 Å². The van der Waals surface area contributed by atoms with Crippen LogP contribution in [-0.2, 0) is 13.1 Å². The molecule has 0 atom stereocenters. The van der Waals surface area contributed by atoms with Gasteiger partial charge < -0.3 is 15.4 Å². The molecule has 1 heterocycles. The van der Waals surface area contributed by atoms with Crippen LogP contribution < -0.4 is 15.4 Å². The molecule has 1 amide bonds. The number of aromatic nitrogens is 2. The summed E-state index contributed by atoms with van der Waals surface area (Å²) in [6.45, 7) is 2.59. The number of rotatable bonds is 7. The number of nitrogens with zero attached hydrogens (tertiary/aromatic N) is 2. The molecular weight excluding hydrogens is 376 g/mol. The molecule has 7 heteroatoms. The largest absolute Gasteiger partial charge is 0.496 e. The Kier molecular flexibility index (Phi) is 6.45. The van der Waals surface area contributed by atoms with Crippen LogP contribution in [-0.4, -0.2) is 23.0 Å². The van der Waals surface area contributed by atoms with Crippen LogP contribution in [0.3, 0.4) is 0 Å². The summed E-state index contributed by atoms with van der Waals surface area (Å²) in [7, 11) is 1.63. The predicted molar refractivity (Wildman–Crippen MR) is 110 cm³/mol. The lowest BCUT2D eigenvalue weighted by molar-refractivity contribution is 0.0945. The third-order valence-electron chi connectivity index (χ3n) is 4.12. The smallest absolute Gasteiger partial charge is 0.270 e. The molecule has 0 saturated heterocycles. The van der Waals surface area contributed by atoms with Crippen LogP contribution in [0.25, 0.3) is 0 Å². The van der Waals surface area contributed by atoms with E-state index in [1.54, 1.807) is 26.2 Å². The van der Waals surface area contributed by atoms with E-state index in [4.69, 9.17) is 16.3 Å². The number of aryl methyl sites for hydroxylation is 1. The van der Waals surface area contributed by atoms with Crippen molar-refractivity contribution in [3.05, 3.63) is 82.3 Å². The van der Waals surface area contributed by atoms with E-state index < -0.39 is 0 Å². The number of amides is 1. The maximum atomic E-state index is 12.5. The van der Waals surface area contributed by atoms with E-state index in [1.807, 2.05) is 42.5 Å². The fraction of sp³-hybridized carbons (Fsp3) is 0.190. The Morgan fingerprint density at radius 2 is 1.75 bits per heavy atom. The highest BCUT2D eigenvalue weighted by molar-refractivity contribution is 6.31. The normalized spacial score (nSPS) is 10.4. The number of anilines is 1. The molecule has 3 rings (SSSR count). The van der Waals surface area contributed by atoms with E-state index in [0.29, 0.717) is 35.4 Å². The molecule has 0 fully saturated rings. The van der Waals surface area contributed by atoms with Crippen molar-refractivity contribution in [1.82, 2.24) is 15.3 Å². The topological polar surface area (TPSA) is 76.1 Å². The summed E-state index contributed by atoms with van der Waals surface area (Å²) in [5, 5.41) is 6.68. The number of methoxy groups -OCH3 is 1. The first-order valence-electron chi connectivity index (χ1n) is 8.80. The van der Waals surface area contributed by atoms with E-state index in [-0.39, 0.29) is 5.91 Å². The molecule has 3 aromatic rings. The SMILES string of the molecule is COc1ccccc1CNc1cc(C(=O)NCc2ccccc2Cl)nc(C)n1. The van der Waals surface area contributed by atoms with Crippen LogP contribution in [0.1, 0.15) is 27.4 Å². The molecule has 2 N–H and O–H groups in total. The van der Waals surface area contributed by atoms with Gasteiger partial charge in [0, 0.05) is 29.7 Å². The Balaban J connectivity index is 1.68. The number of para-hydroxylation sites is 1. The quantitative estimate of drug-likeness (QED) is 0.631. The van der Waals surface area contributed by atoms with Crippen molar-refractivity contribution in [1.29, 1.82) is 0 Å². The lowest BCUT2D eigenvalue weighted by atomic mass is 10.2. The van der Waals surface area contributed by atoms with E-state index in [0.717, 1.165) is 16.9 Å². The molecular formula is C21H21ClN4O2. The number of ether oxygens (including phenoxy) is 1. The molecule has 1 aromatic heterocycles. The van der Waals surface area contributed by atoms with Gasteiger partial charge in [-0.2, -0.15) is 0 Å². The van der Waals surface area contributed by atoms with Crippen molar-refractivity contribution in [2.45, 2.75) is 20.0 Å². The summed E-state index contributed by atoms with van der Waals surface area (Å²) in [4.78, 5) is 21.1. The number of hydrogen-bond acceptors (Lipinski definition) is 5. The van der Waals surface area contributed by atoms with Gasteiger partial charge in [-0.1, -0.05) is 48.0 Å². The minimum absolute atomic E-state index is 0.286. The molecule has 6 nitrogen and oxygen atoms in total. The zero-order valence-electron chi connectivity index (χ0n) is 15.7. The Bertz CT molecular complexity index is 978. The predicted octanol–water partition coefficient (Wildman–Crippen LogP) is 3.99. The van der Waals surface area contributed by atoms with Crippen LogP contribution in [0, 0.1) is 6.92 Å². The van der Waals surface area contributed by atoms with Gasteiger partial charge in [0.15, 0.2) is 0 Å². The van der Waals surface area contributed by atoms with Crippen molar-refractivity contribution in [2.24, 2.45) is 0 Å². The first-order chi connectivity index (χ1) is 13.6. The first-order valence-corrected chi connectivity index (χ1v) is 9.17. The highest BCUT2D eigenvalue weighted by atomic mass is 35.5. The molecule has 2 aromatic carbocycles. The molecule has 28 heavy (non-hydrogen) atoms. The number of carbonyl (C=O) groups excluding carboxylic acids is 1. The van der Waals surface area contributed by atoms with Crippen molar-refractivity contribution in [3.8, 4) is 5.75 Å². The molecule has 0 radical (unpaired) electrons. The second-order valence-corrected chi connectivity index (χ2v) is 6.53. The Hall–Kier alpha value is -3.12. The Labute approximate surface area is 168 Å². The van der Waals surface area contributed by atoms with Crippen LogP contribution in [0.5, 0.6) is 5.75 Å². The Morgan fingerprint density at radius 3 is 2.50 bits per heavy atom. The standard InChI is InChI=1S/C21H21ClN4O2/c1-14-25-18(21(27)24-12-15-7-3-5-9-17(15)22)11-20(26-14)23-13-16-8-4-6-10-19(16)28-2/h3-11H,12-13H2,1-2H3,(H,24,27)(H,23,25,26). The van der Waals surface area contributed by atoms with Crippen LogP contribution >= 0.6 is 11.6 Å². The summed E-state index contributed by atoms with van der Waals surface area (Å²) in [6, 6.07) is 16.7. The number of halogens is 1. The number of nitrogens with one attached hydrogen (secondary N) is 2. The van der Waals surface area contributed by atoms with Gasteiger partial charge in [0.25, 0.3) is 5.91 Å². The maximum Gasteiger partial charge on any atom is 0.270 e.